The fourth-order valence-electron chi connectivity index (χ4n) is 3.46. The average molecular weight is 320 g/mol. The lowest BCUT2D eigenvalue weighted by atomic mass is 9.86. The van der Waals surface area contributed by atoms with Gasteiger partial charge in [-0.15, -0.1) is 0 Å². The van der Waals surface area contributed by atoms with Crippen molar-refractivity contribution >= 4 is 17.2 Å². The van der Waals surface area contributed by atoms with Crippen molar-refractivity contribution in [2.45, 2.75) is 46.5 Å². The zero-order valence-electron chi connectivity index (χ0n) is 15.2. The maximum Gasteiger partial charge on any atom is 0.123 e. The second kappa shape index (κ2) is 6.05. The number of allylic oxidation sites excluding steroid dienone is 3. The summed E-state index contributed by atoms with van der Waals surface area (Å²) in [6.07, 6.45) is 3.14. The van der Waals surface area contributed by atoms with Crippen molar-refractivity contribution in [1.29, 1.82) is 0 Å². The first-order chi connectivity index (χ1) is 11.3. The molecule has 0 nitrogen and oxygen atoms in total. The van der Waals surface area contributed by atoms with Gasteiger partial charge in [0.15, 0.2) is 0 Å². The summed E-state index contributed by atoms with van der Waals surface area (Å²) < 4.78 is 13.7. The number of halogens is 1. The van der Waals surface area contributed by atoms with Crippen LogP contribution in [0, 0.1) is 5.82 Å². The lowest BCUT2D eigenvalue weighted by Gasteiger charge is -2.18. The van der Waals surface area contributed by atoms with E-state index in [1.807, 2.05) is 6.07 Å². The highest BCUT2D eigenvalue weighted by Gasteiger charge is 2.23. The third kappa shape index (κ3) is 2.96. The molecule has 1 aliphatic rings. The van der Waals surface area contributed by atoms with E-state index in [2.05, 4.69) is 65.0 Å². The van der Waals surface area contributed by atoms with Crippen LogP contribution >= 0.6 is 0 Å². The summed E-state index contributed by atoms with van der Waals surface area (Å²) in [5.74, 6) is -0.164. The minimum Gasteiger partial charge on any atom is -0.207 e. The van der Waals surface area contributed by atoms with E-state index in [9.17, 15) is 4.39 Å². The van der Waals surface area contributed by atoms with E-state index in [4.69, 9.17) is 0 Å². The zero-order valence-corrected chi connectivity index (χ0v) is 15.2. The Kier molecular flexibility index (Phi) is 4.21. The van der Waals surface area contributed by atoms with E-state index in [0.717, 1.165) is 17.5 Å². The summed E-state index contributed by atoms with van der Waals surface area (Å²) in [6, 6.07) is 13.9. The quantitative estimate of drug-likeness (QED) is 0.567. The molecule has 0 fully saturated rings. The Morgan fingerprint density at radius 1 is 0.958 bits per heavy atom. The highest BCUT2D eigenvalue weighted by atomic mass is 19.1. The average Bonchev–Trinajstić information content (AvgIpc) is 2.78. The number of rotatable bonds is 2. The largest absolute Gasteiger partial charge is 0.207 e. The van der Waals surface area contributed by atoms with Crippen LogP contribution in [-0.2, 0) is 5.41 Å². The Labute approximate surface area is 144 Å². The summed E-state index contributed by atoms with van der Waals surface area (Å²) >= 11 is 0. The summed E-state index contributed by atoms with van der Waals surface area (Å²) in [6.45, 7) is 11.0. The third-order valence-corrected chi connectivity index (χ3v) is 4.89. The number of fused-ring (bicyclic) bond motifs is 1. The van der Waals surface area contributed by atoms with Gasteiger partial charge in [0.25, 0.3) is 0 Å². The topological polar surface area (TPSA) is 0 Å². The van der Waals surface area contributed by atoms with Crippen LogP contribution in [0.2, 0.25) is 0 Å². The van der Waals surface area contributed by atoms with Crippen molar-refractivity contribution in [2.75, 3.05) is 0 Å². The second-order valence-corrected chi connectivity index (χ2v) is 7.58. The predicted octanol–water partition coefficient (Wildman–Crippen LogP) is 6.86. The summed E-state index contributed by atoms with van der Waals surface area (Å²) in [5.41, 5.74) is 8.60. The molecule has 2 aromatic rings. The number of hydrogen-bond acceptors (Lipinski definition) is 0. The second-order valence-electron chi connectivity index (χ2n) is 7.58. The van der Waals surface area contributed by atoms with Gasteiger partial charge in [-0.1, -0.05) is 58.0 Å². The van der Waals surface area contributed by atoms with Gasteiger partial charge in [-0.05, 0) is 75.9 Å². The van der Waals surface area contributed by atoms with Crippen molar-refractivity contribution in [3.05, 3.63) is 76.1 Å². The van der Waals surface area contributed by atoms with Crippen molar-refractivity contribution in [2.24, 2.45) is 0 Å². The van der Waals surface area contributed by atoms with E-state index in [0.29, 0.717) is 0 Å². The Hall–Kier alpha value is -2.15. The van der Waals surface area contributed by atoms with Crippen molar-refractivity contribution in [3.63, 3.8) is 0 Å². The van der Waals surface area contributed by atoms with Gasteiger partial charge >= 0.3 is 0 Å². The normalized spacial score (nSPS) is 16.0. The molecular formula is C23H25F. The van der Waals surface area contributed by atoms with Crippen LogP contribution in [0.3, 0.4) is 0 Å². The molecule has 0 unspecified atom stereocenters. The van der Waals surface area contributed by atoms with Crippen LogP contribution in [-0.4, -0.2) is 0 Å². The van der Waals surface area contributed by atoms with Crippen LogP contribution in [0.4, 0.5) is 4.39 Å². The fourth-order valence-corrected chi connectivity index (χ4v) is 3.46. The van der Waals surface area contributed by atoms with Gasteiger partial charge in [-0.3, -0.25) is 0 Å². The first kappa shape index (κ1) is 16.7. The van der Waals surface area contributed by atoms with E-state index in [1.165, 1.54) is 27.8 Å². The van der Waals surface area contributed by atoms with Crippen molar-refractivity contribution in [1.82, 2.24) is 0 Å². The molecule has 0 radical (unpaired) electrons. The Morgan fingerprint density at radius 2 is 1.62 bits per heavy atom. The van der Waals surface area contributed by atoms with Crippen LogP contribution in [0.1, 0.15) is 63.3 Å². The molecule has 0 atom stereocenters. The SMILES string of the molecule is CCC1=C(C)/C(=C/c2ccc(C(C)(C)C)cc2)c2ccc(F)cc21. The highest BCUT2D eigenvalue weighted by Crippen LogP contribution is 2.43. The molecule has 0 spiro atoms. The molecule has 3 rings (SSSR count). The van der Waals surface area contributed by atoms with Gasteiger partial charge in [0, 0.05) is 0 Å². The van der Waals surface area contributed by atoms with Gasteiger partial charge in [0.1, 0.15) is 5.82 Å². The van der Waals surface area contributed by atoms with Gasteiger partial charge in [-0.25, -0.2) is 4.39 Å². The molecule has 0 heterocycles. The number of hydrogen-bond donors (Lipinski definition) is 0. The van der Waals surface area contributed by atoms with Crippen LogP contribution in [0.25, 0.3) is 17.2 Å². The Morgan fingerprint density at radius 3 is 2.21 bits per heavy atom. The molecule has 0 saturated carbocycles. The molecule has 2 aromatic carbocycles. The number of benzene rings is 2. The van der Waals surface area contributed by atoms with Crippen LogP contribution in [0.5, 0.6) is 0 Å². The maximum atomic E-state index is 13.7. The predicted molar refractivity (Wildman–Crippen MR) is 102 cm³/mol. The van der Waals surface area contributed by atoms with Gasteiger partial charge in [-0.2, -0.15) is 0 Å². The molecule has 124 valence electrons. The molecule has 1 heteroatoms. The van der Waals surface area contributed by atoms with E-state index in [-0.39, 0.29) is 11.2 Å². The zero-order chi connectivity index (χ0) is 17.5. The molecule has 0 saturated heterocycles. The van der Waals surface area contributed by atoms with Crippen molar-refractivity contribution in [3.8, 4) is 0 Å². The van der Waals surface area contributed by atoms with Crippen LogP contribution < -0.4 is 0 Å². The molecular weight excluding hydrogens is 295 g/mol. The molecule has 24 heavy (non-hydrogen) atoms. The minimum atomic E-state index is -0.164. The van der Waals surface area contributed by atoms with Crippen LogP contribution in [0.15, 0.2) is 48.0 Å². The molecule has 0 aliphatic heterocycles. The summed E-state index contributed by atoms with van der Waals surface area (Å²) in [5, 5.41) is 0. The molecule has 0 N–H and O–H groups in total. The standard InChI is InChI=1S/C23H25F/c1-6-19-15(2)21(20-12-11-18(24)14-22(19)20)13-16-7-9-17(10-8-16)23(3,4)5/h7-14H,6H2,1-5H3/b21-13-. The summed E-state index contributed by atoms with van der Waals surface area (Å²) in [7, 11) is 0. The smallest absolute Gasteiger partial charge is 0.123 e. The summed E-state index contributed by atoms with van der Waals surface area (Å²) in [4.78, 5) is 0. The first-order valence-corrected chi connectivity index (χ1v) is 8.64. The molecule has 0 amide bonds. The van der Waals surface area contributed by atoms with E-state index in [1.54, 1.807) is 12.1 Å². The molecule has 0 aromatic heterocycles. The Bertz CT molecular complexity index is 827. The lowest BCUT2D eigenvalue weighted by Crippen LogP contribution is -2.10. The first-order valence-electron chi connectivity index (χ1n) is 8.64. The fraction of sp³-hybridized carbons (Fsp3) is 0.304. The van der Waals surface area contributed by atoms with Crippen molar-refractivity contribution < 1.29 is 4.39 Å². The Balaban J connectivity index is 2.06. The van der Waals surface area contributed by atoms with E-state index < -0.39 is 0 Å². The highest BCUT2D eigenvalue weighted by molar-refractivity contribution is 6.05. The van der Waals surface area contributed by atoms with E-state index >= 15 is 0 Å². The maximum absolute atomic E-state index is 13.7. The lowest BCUT2D eigenvalue weighted by molar-refractivity contribution is 0.590. The molecule has 1 aliphatic carbocycles. The van der Waals surface area contributed by atoms with Gasteiger partial charge < -0.3 is 0 Å². The van der Waals surface area contributed by atoms with Gasteiger partial charge in [0.05, 0.1) is 0 Å². The van der Waals surface area contributed by atoms with Gasteiger partial charge in [0.2, 0.25) is 0 Å². The molecule has 0 bridgehead atoms. The monoisotopic (exact) mass is 320 g/mol. The third-order valence-electron chi connectivity index (χ3n) is 4.89. The minimum absolute atomic E-state index is 0.161.